The van der Waals surface area contributed by atoms with Crippen LogP contribution in [0.15, 0.2) is 107 Å². The second-order valence-corrected chi connectivity index (χ2v) is 10.9. The average Bonchev–Trinajstić information content (AvgIpc) is 3.27. The summed E-state index contributed by atoms with van der Waals surface area (Å²) < 4.78 is 13.5. The molecule has 0 aliphatic heterocycles. The molecule has 0 N–H and O–H groups in total. The minimum absolute atomic E-state index is 0.212. The third-order valence-electron chi connectivity index (χ3n) is 5.84. The molecule has 38 heavy (non-hydrogen) atoms. The second-order valence-electron chi connectivity index (χ2n) is 9.88. The molecule has 0 radical (unpaired) electrons. The van der Waals surface area contributed by atoms with Crippen LogP contribution in [0.4, 0.5) is 0 Å². The first-order valence-electron chi connectivity index (χ1n) is 12.4. The molecule has 0 spiro atoms. The molecule has 0 atom stereocenters. The first kappa shape index (κ1) is 25.5. The fraction of sp³-hybridized carbons (Fsp3) is 0.194. The Morgan fingerprint density at radius 2 is 1.50 bits per heavy atom. The second kappa shape index (κ2) is 11.1. The van der Waals surface area contributed by atoms with Crippen LogP contribution in [0.5, 0.6) is 5.88 Å². The molecule has 0 amide bonds. The van der Waals surface area contributed by atoms with Gasteiger partial charge < -0.3 is 9.47 Å². The number of carbonyl (C=O) groups excluding carboxylic acids is 1. The minimum Gasteiger partial charge on any atom is -0.440 e. The summed E-state index contributed by atoms with van der Waals surface area (Å²) in [7, 11) is 0. The molecule has 0 saturated heterocycles. The lowest BCUT2D eigenvalue weighted by Gasteiger charge is -2.17. The highest BCUT2D eigenvalue weighted by atomic mass is 32.2. The molecule has 6 nitrogen and oxygen atoms in total. The summed E-state index contributed by atoms with van der Waals surface area (Å²) in [4.78, 5) is 23.5. The molecule has 0 aliphatic carbocycles. The van der Waals surface area contributed by atoms with E-state index in [-0.39, 0.29) is 12.8 Å². The maximum absolute atomic E-state index is 12.4. The number of esters is 1. The quantitative estimate of drug-likeness (QED) is 0.160. The molecule has 0 aliphatic rings. The number of hydrogen-bond acceptors (Lipinski definition) is 6. The van der Waals surface area contributed by atoms with Crippen molar-refractivity contribution in [3.8, 4) is 17.1 Å². The minimum atomic E-state index is -0.625. The summed E-state index contributed by atoms with van der Waals surface area (Å²) in [5.41, 5.74) is 3.66. The lowest BCUT2D eigenvalue weighted by atomic mass is 9.98. The summed E-state index contributed by atoms with van der Waals surface area (Å²) in [6, 6.07) is 30.2. The number of fused-ring (bicyclic) bond motifs is 1. The molecule has 5 aromatic rings. The van der Waals surface area contributed by atoms with Crippen LogP contribution >= 0.6 is 11.8 Å². The molecule has 0 unspecified atom stereocenters. The number of nitrogens with zero attached hydrogens (tertiary/aromatic N) is 3. The van der Waals surface area contributed by atoms with Gasteiger partial charge in [-0.2, -0.15) is 0 Å². The molecule has 7 heteroatoms. The molecule has 0 fully saturated rings. The number of imidazole rings is 1. The maximum atomic E-state index is 12.4. The Hall–Kier alpha value is -4.10. The van der Waals surface area contributed by atoms with E-state index in [1.165, 1.54) is 0 Å². The predicted octanol–water partition coefficient (Wildman–Crippen LogP) is 7.06. The zero-order valence-electron chi connectivity index (χ0n) is 21.6. The number of aromatic nitrogens is 3. The van der Waals surface area contributed by atoms with Gasteiger partial charge in [0, 0.05) is 23.1 Å². The highest BCUT2D eigenvalue weighted by Gasteiger charge is 2.24. The van der Waals surface area contributed by atoms with E-state index in [9.17, 15) is 4.79 Å². The molecule has 3 aromatic carbocycles. The lowest BCUT2D eigenvalue weighted by Crippen LogP contribution is -2.25. The van der Waals surface area contributed by atoms with Crippen molar-refractivity contribution >= 4 is 23.4 Å². The molecule has 0 bridgehead atoms. The number of ether oxygens (including phenoxy) is 2. The zero-order valence-corrected chi connectivity index (χ0v) is 22.4. The van der Waals surface area contributed by atoms with Gasteiger partial charge in [0.25, 0.3) is 0 Å². The van der Waals surface area contributed by atoms with E-state index in [4.69, 9.17) is 19.4 Å². The van der Waals surface area contributed by atoms with Gasteiger partial charge >= 0.3 is 5.97 Å². The van der Waals surface area contributed by atoms with Crippen LogP contribution < -0.4 is 4.74 Å². The van der Waals surface area contributed by atoms with E-state index in [1.807, 2.05) is 98.1 Å². The van der Waals surface area contributed by atoms with Crippen LogP contribution in [0.1, 0.15) is 32.0 Å². The van der Waals surface area contributed by atoms with Crippen LogP contribution in [0.25, 0.3) is 16.9 Å². The Balaban J connectivity index is 1.62. The largest absolute Gasteiger partial charge is 0.440 e. The van der Waals surface area contributed by atoms with Gasteiger partial charge in [0.15, 0.2) is 5.65 Å². The predicted molar refractivity (Wildman–Crippen MR) is 149 cm³/mol. The van der Waals surface area contributed by atoms with Crippen molar-refractivity contribution in [2.45, 2.75) is 37.1 Å². The summed E-state index contributed by atoms with van der Waals surface area (Å²) >= 11 is 1.55. The molecular weight excluding hydrogens is 494 g/mol. The highest BCUT2D eigenvalue weighted by Crippen LogP contribution is 2.35. The van der Waals surface area contributed by atoms with E-state index in [0.29, 0.717) is 17.9 Å². The van der Waals surface area contributed by atoms with Crippen molar-refractivity contribution in [3.63, 3.8) is 0 Å². The van der Waals surface area contributed by atoms with Gasteiger partial charge in [-0.15, -0.1) is 0 Å². The van der Waals surface area contributed by atoms with E-state index in [2.05, 4.69) is 24.3 Å². The fourth-order valence-corrected chi connectivity index (χ4v) is 4.77. The molecular formula is C31H29N3O3S. The van der Waals surface area contributed by atoms with E-state index < -0.39 is 5.41 Å². The van der Waals surface area contributed by atoms with Gasteiger partial charge in [-0.05, 0) is 38.5 Å². The Morgan fingerprint density at radius 3 is 2.16 bits per heavy atom. The van der Waals surface area contributed by atoms with Crippen molar-refractivity contribution in [1.29, 1.82) is 0 Å². The highest BCUT2D eigenvalue weighted by molar-refractivity contribution is 7.99. The number of hydrogen-bond donors (Lipinski definition) is 0. The van der Waals surface area contributed by atoms with Crippen LogP contribution in [0.3, 0.4) is 0 Å². The van der Waals surface area contributed by atoms with Crippen molar-refractivity contribution in [1.82, 2.24) is 14.4 Å². The maximum Gasteiger partial charge on any atom is 0.314 e. The van der Waals surface area contributed by atoms with Gasteiger partial charge in [-0.1, -0.05) is 90.6 Å². The normalized spacial score (nSPS) is 11.4. The standard InChI is InChI=1S/C31H29N3O3S/c1-31(2,3)30(35)37-21-36-29-25(19-22-13-7-4-8-14-22)32-27-28(38-24-17-11-6-12-18-24)33-26(20-34(27)29)23-15-9-5-10-16-23/h4-18,20H,19,21H2,1-3H3. The summed E-state index contributed by atoms with van der Waals surface area (Å²) in [6.45, 7) is 5.23. The van der Waals surface area contributed by atoms with Gasteiger partial charge in [-0.25, -0.2) is 9.97 Å². The first-order valence-corrected chi connectivity index (χ1v) is 13.2. The van der Waals surface area contributed by atoms with Crippen molar-refractivity contribution in [2.24, 2.45) is 5.41 Å². The molecule has 192 valence electrons. The van der Waals surface area contributed by atoms with E-state index >= 15 is 0 Å². The van der Waals surface area contributed by atoms with Crippen LogP contribution in [0.2, 0.25) is 0 Å². The Morgan fingerprint density at radius 1 is 0.868 bits per heavy atom. The Kier molecular flexibility index (Phi) is 7.47. The summed E-state index contributed by atoms with van der Waals surface area (Å²) in [5, 5.41) is 0.758. The van der Waals surface area contributed by atoms with Crippen molar-refractivity contribution < 1.29 is 14.3 Å². The fourth-order valence-electron chi connectivity index (χ4n) is 3.88. The summed E-state index contributed by atoms with van der Waals surface area (Å²) in [5.74, 6) is 0.197. The number of rotatable bonds is 8. The summed E-state index contributed by atoms with van der Waals surface area (Å²) in [6.07, 6.45) is 2.49. The van der Waals surface area contributed by atoms with Crippen LogP contribution in [-0.2, 0) is 16.0 Å². The smallest absolute Gasteiger partial charge is 0.314 e. The molecule has 2 aromatic heterocycles. The molecule has 2 heterocycles. The van der Waals surface area contributed by atoms with Crippen molar-refractivity contribution in [3.05, 3.63) is 108 Å². The van der Waals surface area contributed by atoms with Gasteiger partial charge in [0.1, 0.15) is 10.7 Å². The van der Waals surface area contributed by atoms with E-state index in [1.54, 1.807) is 11.8 Å². The van der Waals surface area contributed by atoms with Gasteiger partial charge in [0.05, 0.1) is 11.1 Å². The van der Waals surface area contributed by atoms with Gasteiger partial charge in [0.2, 0.25) is 12.7 Å². The third-order valence-corrected chi connectivity index (χ3v) is 6.81. The van der Waals surface area contributed by atoms with Gasteiger partial charge in [-0.3, -0.25) is 9.20 Å². The van der Waals surface area contributed by atoms with Crippen LogP contribution in [0, 0.1) is 5.41 Å². The zero-order chi connectivity index (χ0) is 26.5. The van der Waals surface area contributed by atoms with Crippen LogP contribution in [-0.4, -0.2) is 27.1 Å². The molecule has 5 rings (SSSR count). The Bertz CT molecular complexity index is 1530. The first-order chi connectivity index (χ1) is 18.4. The van der Waals surface area contributed by atoms with E-state index in [0.717, 1.165) is 32.4 Å². The molecule has 0 saturated carbocycles. The third kappa shape index (κ3) is 5.89. The SMILES string of the molecule is CC(C)(C)C(=O)OCOc1c(Cc2ccccc2)nc2c(Sc3ccccc3)nc(-c3ccccc3)cn12. The monoisotopic (exact) mass is 523 g/mol. The number of benzene rings is 3. The topological polar surface area (TPSA) is 65.7 Å². The number of carbonyl (C=O) groups is 1. The average molecular weight is 524 g/mol. The van der Waals surface area contributed by atoms with Crippen molar-refractivity contribution in [2.75, 3.05) is 6.79 Å². The Labute approximate surface area is 226 Å². The lowest BCUT2D eigenvalue weighted by molar-refractivity contribution is -0.159.